The second-order valence-corrected chi connectivity index (χ2v) is 6.65. The topological polar surface area (TPSA) is 159 Å². The average molecular weight is 408 g/mol. The minimum Gasteiger partial charge on any atom is -0.478 e. The molecule has 0 saturated heterocycles. The number of hydrazine groups is 1. The van der Waals surface area contributed by atoms with Crippen LogP contribution in [0.3, 0.4) is 0 Å². The highest BCUT2D eigenvalue weighted by Gasteiger charge is 2.50. The van der Waals surface area contributed by atoms with Crippen molar-refractivity contribution in [1.29, 1.82) is 0 Å². The van der Waals surface area contributed by atoms with Gasteiger partial charge in [0.05, 0.1) is 33.4 Å². The van der Waals surface area contributed by atoms with Crippen LogP contribution in [0.15, 0.2) is 30.3 Å². The van der Waals surface area contributed by atoms with Crippen molar-refractivity contribution in [3.63, 3.8) is 0 Å². The number of rotatable bonds is 2. The van der Waals surface area contributed by atoms with Gasteiger partial charge in [0.1, 0.15) is 0 Å². The number of carbonyl (C=O) groups is 6. The van der Waals surface area contributed by atoms with E-state index >= 15 is 0 Å². The Hall–Kier alpha value is -4.38. The minimum atomic E-state index is -1.61. The van der Waals surface area contributed by atoms with E-state index in [1.165, 1.54) is 0 Å². The number of benzene rings is 2. The number of amides is 4. The number of hydrogen-bond donors (Lipinski definition) is 2. The van der Waals surface area contributed by atoms with Gasteiger partial charge < -0.3 is 14.9 Å². The Kier molecular flexibility index (Phi) is 3.29. The van der Waals surface area contributed by atoms with Gasteiger partial charge in [0.25, 0.3) is 23.6 Å². The molecule has 0 bridgehead atoms. The summed E-state index contributed by atoms with van der Waals surface area (Å²) in [6.07, 6.45) is -1.61. The van der Waals surface area contributed by atoms with Crippen LogP contribution in [-0.2, 0) is 4.74 Å². The number of carbonyl (C=O) groups excluding carboxylic acids is 5. The number of ether oxygens (including phenoxy) is 1. The molecule has 3 aliphatic heterocycles. The van der Waals surface area contributed by atoms with Crippen LogP contribution < -0.4 is 0 Å². The first-order valence-electron chi connectivity index (χ1n) is 8.42. The molecule has 2 aromatic carbocycles. The zero-order chi connectivity index (χ0) is 21.5. The molecule has 5 rings (SSSR count). The van der Waals surface area contributed by atoms with Crippen LogP contribution in [0, 0.1) is 0 Å². The highest BCUT2D eigenvalue weighted by molar-refractivity contribution is 6.28. The molecule has 30 heavy (non-hydrogen) atoms. The molecule has 0 spiro atoms. The van der Waals surface area contributed by atoms with E-state index < -0.39 is 41.9 Å². The van der Waals surface area contributed by atoms with Gasteiger partial charge in [-0.25, -0.2) is 9.59 Å². The lowest BCUT2D eigenvalue weighted by Gasteiger charge is -2.23. The summed E-state index contributed by atoms with van der Waals surface area (Å²) in [5.41, 5.74) is -1.27. The Morgan fingerprint density at radius 3 is 1.90 bits per heavy atom. The fourth-order valence-electron chi connectivity index (χ4n) is 3.62. The first-order valence-corrected chi connectivity index (χ1v) is 8.42. The van der Waals surface area contributed by atoms with Crippen molar-refractivity contribution in [2.24, 2.45) is 0 Å². The number of carboxylic acids is 1. The monoisotopic (exact) mass is 408 g/mol. The van der Waals surface area contributed by atoms with Crippen molar-refractivity contribution < 1.29 is 43.7 Å². The number of aliphatic hydroxyl groups excluding tert-OH is 1. The van der Waals surface area contributed by atoms with E-state index in [4.69, 9.17) is 5.11 Å². The van der Waals surface area contributed by atoms with Crippen molar-refractivity contribution in [3.8, 4) is 0 Å². The molecule has 3 heterocycles. The third-order valence-corrected chi connectivity index (χ3v) is 5.05. The summed E-state index contributed by atoms with van der Waals surface area (Å²) < 4.78 is 4.63. The molecular weight excluding hydrogens is 400 g/mol. The van der Waals surface area contributed by atoms with Gasteiger partial charge in [-0.15, -0.1) is 0 Å². The Morgan fingerprint density at radius 2 is 1.30 bits per heavy atom. The Labute approximate surface area is 165 Å². The zero-order valence-corrected chi connectivity index (χ0v) is 14.6. The first-order chi connectivity index (χ1) is 14.2. The SMILES string of the molecule is O=C(O)c1ccc2c(c1)C(=O)N(N1C(=O)c3cc4c(cc3C1=O)C(O)OC4=O)C2=O. The van der Waals surface area contributed by atoms with Crippen molar-refractivity contribution >= 4 is 35.6 Å². The minimum absolute atomic E-state index is 0.0183. The second kappa shape index (κ2) is 5.58. The van der Waals surface area contributed by atoms with Crippen molar-refractivity contribution in [1.82, 2.24) is 10.0 Å². The van der Waals surface area contributed by atoms with Gasteiger partial charge in [0, 0.05) is 5.56 Å². The van der Waals surface area contributed by atoms with Gasteiger partial charge in [0.2, 0.25) is 6.29 Å². The third kappa shape index (κ3) is 2.06. The summed E-state index contributed by atoms with van der Waals surface area (Å²) in [6, 6.07) is 5.39. The molecule has 0 aliphatic carbocycles. The number of esters is 1. The maximum absolute atomic E-state index is 12.9. The van der Waals surface area contributed by atoms with Crippen molar-refractivity contribution in [2.75, 3.05) is 0 Å². The molecule has 2 aromatic rings. The fourth-order valence-corrected chi connectivity index (χ4v) is 3.62. The number of cyclic esters (lactones) is 1. The van der Waals surface area contributed by atoms with Gasteiger partial charge in [-0.05, 0) is 30.3 Å². The van der Waals surface area contributed by atoms with E-state index in [0.717, 1.165) is 30.3 Å². The highest BCUT2D eigenvalue weighted by atomic mass is 16.6. The van der Waals surface area contributed by atoms with E-state index in [2.05, 4.69) is 4.74 Å². The number of nitrogens with zero attached hydrogens (tertiary/aromatic N) is 2. The summed E-state index contributed by atoms with van der Waals surface area (Å²) in [5, 5.41) is 19.5. The lowest BCUT2D eigenvalue weighted by atomic mass is 10.0. The quantitative estimate of drug-likeness (QED) is 0.528. The van der Waals surface area contributed by atoms with Crippen molar-refractivity contribution in [2.45, 2.75) is 6.29 Å². The number of imide groups is 2. The summed E-state index contributed by atoms with van der Waals surface area (Å²) in [7, 11) is 0. The molecule has 2 N–H and O–H groups in total. The molecule has 1 unspecified atom stereocenters. The largest absolute Gasteiger partial charge is 0.478 e. The van der Waals surface area contributed by atoms with Crippen LogP contribution in [0.5, 0.6) is 0 Å². The van der Waals surface area contributed by atoms with Crippen LogP contribution in [-0.4, -0.2) is 55.8 Å². The van der Waals surface area contributed by atoms with Crippen LogP contribution >= 0.6 is 0 Å². The fraction of sp³-hybridized carbons (Fsp3) is 0.0526. The van der Waals surface area contributed by atoms with Gasteiger partial charge >= 0.3 is 11.9 Å². The number of carboxylic acid groups (broad SMARTS) is 1. The molecule has 0 radical (unpaired) electrons. The molecule has 11 nitrogen and oxygen atoms in total. The predicted octanol–water partition coefficient (Wildman–Crippen LogP) is 0.353. The molecule has 0 fully saturated rings. The van der Waals surface area contributed by atoms with E-state index in [1.54, 1.807) is 0 Å². The standard InChI is InChI=1S/C19H8N2O9/c22-13-7-2-1-6(17(26)27)3-8(7)14(23)20(13)21-15(24)9-4-11-12(5-10(9)16(21)25)19(29)30-18(11)28/h1-5,18,28H,(H,26,27). The predicted molar refractivity (Wildman–Crippen MR) is 91.2 cm³/mol. The normalized spacial score (nSPS) is 19.2. The molecular formula is C19H8N2O9. The van der Waals surface area contributed by atoms with E-state index in [0.29, 0.717) is 10.0 Å². The van der Waals surface area contributed by atoms with Crippen LogP contribution in [0.2, 0.25) is 0 Å². The van der Waals surface area contributed by atoms with E-state index in [-0.39, 0.29) is 38.9 Å². The summed E-state index contributed by atoms with van der Waals surface area (Å²) in [5.74, 6) is -6.27. The Bertz CT molecular complexity index is 1280. The van der Waals surface area contributed by atoms with Gasteiger partial charge in [0.15, 0.2) is 0 Å². The molecule has 148 valence electrons. The Morgan fingerprint density at radius 1 is 0.767 bits per heavy atom. The van der Waals surface area contributed by atoms with Crippen LogP contribution in [0.25, 0.3) is 0 Å². The lowest BCUT2D eigenvalue weighted by Crippen LogP contribution is -2.49. The van der Waals surface area contributed by atoms with Crippen LogP contribution in [0.1, 0.15) is 74.0 Å². The maximum Gasteiger partial charge on any atom is 0.341 e. The average Bonchev–Trinajstić information content (AvgIpc) is 3.23. The number of aliphatic hydroxyl groups is 1. The van der Waals surface area contributed by atoms with Crippen LogP contribution in [0.4, 0.5) is 0 Å². The molecule has 4 amide bonds. The summed E-state index contributed by atoms with van der Waals surface area (Å²) >= 11 is 0. The summed E-state index contributed by atoms with van der Waals surface area (Å²) in [4.78, 5) is 74.1. The van der Waals surface area contributed by atoms with Crippen molar-refractivity contribution in [3.05, 3.63) is 69.3 Å². The number of fused-ring (bicyclic) bond motifs is 3. The zero-order valence-electron chi connectivity index (χ0n) is 14.6. The Balaban J connectivity index is 1.58. The van der Waals surface area contributed by atoms with Gasteiger partial charge in [-0.3, -0.25) is 19.2 Å². The van der Waals surface area contributed by atoms with E-state index in [9.17, 15) is 33.9 Å². The molecule has 0 saturated carbocycles. The van der Waals surface area contributed by atoms with Gasteiger partial charge in [-0.1, -0.05) is 0 Å². The third-order valence-electron chi connectivity index (χ3n) is 5.05. The molecule has 0 aromatic heterocycles. The smallest absolute Gasteiger partial charge is 0.341 e. The van der Waals surface area contributed by atoms with Gasteiger partial charge in [-0.2, -0.15) is 10.0 Å². The second-order valence-electron chi connectivity index (χ2n) is 6.65. The maximum atomic E-state index is 12.9. The lowest BCUT2D eigenvalue weighted by molar-refractivity contribution is -0.0548. The molecule has 1 atom stereocenters. The first kappa shape index (κ1) is 17.7. The number of aromatic carboxylic acids is 1. The highest BCUT2D eigenvalue weighted by Crippen LogP contribution is 2.36. The molecule has 3 aliphatic rings. The summed E-state index contributed by atoms with van der Waals surface area (Å²) in [6.45, 7) is 0. The number of hydrogen-bond acceptors (Lipinski definition) is 8. The van der Waals surface area contributed by atoms with E-state index in [1.807, 2.05) is 0 Å². The molecule has 11 heteroatoms.